The Bertz CT molecular complexity index is 480. The van der Waals surface area contributed by atoms with Gasteiger partial charge in [-0.3, -0.25) is 4.79 Å². The third kappa shape index (κ3) is 2.50. The summed E-state index contributed by atoms with van der Waals surface area (Å²) in [5.41, 5.74) is 0.0303. The highest BCUT2D eigenvalue weighted by Crippen LogP contribution is 2.68. The summed E-state index contributed by atoms with van der Waals surface area (Å²) >= 11 is 0. The monoisotopic (exact) mass is 278 g/mol. The van der Waals surface area contributed by atoms with Gasteiger partial charge in [0, 0.05) is 5.92 Å². The number of amides is 1. The summed E-state index contributed by atoms with van der Waals surface area (Å²) in [5.74, 6) is 1.10. The number of nitrogens with one attached hydrogen (secondary N) is 1. The molecule has 1 amide bonds. The van der Waals surface area contributed by atoms with Crippen LogP contribution >= 0.6 is 0 Å². The number of anilines is 1. The van der Waals surface area contributed by atoms with E-state index in [2.05, 4.69) is 38.0 Å². The normalized spacial score (nSPS) is 19.4. The molecular formula is C15H22N2O3. The number of ether oxygens (including phenoxy) is 1. The Labute approximate surface area is 119 Å². The van der Waals surface area contributed by atoms with Crippen LogP contribution in [-0.4, -0.2) is 29.2 Å². The van der Waals surface area contributed by atoms with Gasteiger partial charge in [-0.15, -0.1) is 0 Å². The van der Waals surface area contributed by atoms with Gasteiger partial charge in [0.25, 0.3) is 0 Å². The lowest BCUT2D eigenvalue weighted by atomic mass is 10.0. The third-order valence-corrected chi connectivity index (χ3v) is 4.63. The van der Waals surface area contributed by atoms with Gasteiger partial charge in [0.1, 0.15) is 18.2 Å². The first-order valence-electron chi connectivity index (χ1n) is 6.81. The molecule has 1 heterocycles. The zero-order valence-electron chi connectivity index (χ0n) is 12.4. The smallest absolute Gasteiger partial charge is 0.229 e. The summed E-state index contributed by atoms with van der Waals surface area (Å²) in [4.78, 5) is 16.4. The molecule has 1 fully saturated rings. The molecule has 5 heteroatoms. The summed E-state index contributed by atoms with van der Waals surface area (Å²) in [6.07, 6.45) is 1.54. The molecule has 1 aliphatic rings. The zero-order chi connectivity index (χ0) is 15.0. The fourth-order valence-electron chi connectivity index (χ4n) is 2.75. The first-order chi connectivity index (χ1) is 9.30. The second-order valence-corrected chi connectivity index (χ2v) is 6.32. The average molecular weight is 278 g/mol. The lowest BCUT2D eigenvalue weighted by Gasteiger charge is -2.07. The number of carbonyl (C=O) groups is 1. The minimum Gasteiger partial charge on any atom is -0.490 e. The van der Waals surface area contributed by atoms with Crippen LogP contribution in [0.2, 0.25) is 0 Å². The number of aliphatic hydroxyl groups excluding tert-OH is 1. The molecule has 0 spiro atoms. The molecule has 1 aliphatic carbocycles. The van der Waals surface area contributed by atoms with Crippen LogP contribution in [0.3, 0.4) is 0 Å². The minimum absolute atomic E-state index is 0.00196. The van der Waals surface area contributed by atoms with E-state index in [1.807, 2.05) is 0 Å². The van der Waals surface area contributed by atoms with Gasteiger partial charge in [0.05, 0.1) is 12.8 Å². The minimum atomic E-state index is -0.0374. The fourth-order valence-corrected chi connectivity index (χ4v) is 2.75. The topological polar surface area (TPSA) is 71.5 Å². The first-order valence-corrected chi connectivity index (χ1v) is 6.81. The Hall–Kier alpha value is -1.62. The second kappa shape index (κ2) is 5.05. The van der Waals surface area contributed by atoms with Crippen molar-refractivity contribution in [2.45, 2.75) is 27.7 Å². The van der Waals surface area contributed by atoms with E-state index >= 15 is 0 Å². The maximum atomic E-state index is 12.2. The van der Waals surface area contributed by atoms with Crippen LogP contribution in [-0.2, 0) is 4.79 Å². The van der Waals surface area contributed by atoms with Crippen molar-refractivity contribution in [3.63, 3.8) is 0 Å². The third-order valence-electron chi connectivity index (χ3n) is 4.63. The highest BCUT2D eigenvalue weighted by Gasteiger charge is 2.68. The molecule has 2 rings (SSSR count). The zero-order valence-corrected chi connectivity index (χ0v) is 12.4. The molecule has 1 aromatic rings. The highest BCUT2D eigenvalue weighted by molar-refractivity contribution is 5.95. The van der Waals surface area contributed by atoms with Crippen molar-refractivity contribution in [3.05, 3.63) is 18.3 Å². The van der Waals surface area contributed by atoms with Crippen LogP contribution in [0.1, 0.15) is 27.7 Å². The SMILES string of the molecule is CC1(C)C(C(=O)Nc2ccc(OCCO)cn2)C1(C)C. The van der Waals surface area contributed by atoms with Gasteiger partial charge < -0.3 is 15.2 Å². The molecule has 110 valence electrons. The standard InChI is InChI=1S/C15H22N2O3/c1-14(2)12(15(14,3)4)13(19)17-11-6-5-10(9-16-11)20-8-7-18/h5-6,9,12,18H,7-8H2,1-4H3,(H,16,17,19). The molecule has 0 aromatic carbocycles. The fraction of sp³-hybridized carbons (Fsp3) is 0.600. The number of rotatable bonds is 5. The van der Waals surface area contributed by atoms with E-state index in [1.165, 1.54) is 6.20 Å². The van der Waals surface area contributed by atoms with Crippen molar-refractivity contribution in [1.29, 1.82) is 0 Å². The summed E-state index contributed by atoms with van der Waals surface area (Å²) < 4.78 is 5.22. The first kappa shape index (κ1) is 14.8. The second-order valence-electron chi connectivity index (χ2n) is 6.32. The largest absolute Gasteiger partial charge is 0.490 e. The molecule has 0 radical (unpaired) electrons. The number of hydrogen-bond donors (Lipinski definition) is 2. The van der Waals surface area contributed by atoms with Crippen LogP contribution in [0, 0.1) is 16.7 Å². The Balaban J connectivity index is 1.96. The van der Waals surface area contributed by atoms with Crippen molar-refractivity contribution in [3.8, 4) is 5.75 Å². The lowest BCUT2D eigenvalue weighted by Crippen LogP contribution is -2.18. The number of hydrogen-bond acceptors (Lipinski definition) is 4. The van der Waals surface area contributed by atoms with Gasteiger partial charge in [-0.05, 0) is 23.0 Å². The van der Waals surface area contributed by atoms with E-state index in [-0.39, 0.29) is 35.9 Å². The Morgan fingerprint density at radius 1 is 1.35 bits per heavy atom. The van der Waals surface area contributed by atoms with E-state index in [9.17, 15) is 4.79 Å². The predicted octanol–water partition coefficient (Wildman–Crippen LogP) is 2.07. The van der Waals surface area contributed by atoms with Crippen molar-refractivity contribution in [1.82, 2.24) is 4.98 Å². The van der Waals surface area contributed by atoms with Crippen molar-refractivity contribution >= 4 is 11.7 Å². The van der Waals surface area contributed by atoms with E-state index in [4.69, 9.17) is 9.84 Å². The molecule has 0 saturated heterocycles. The predicted molar refractivity (Wildman–Crippen MR) is 76.5 cm³/mol. The quantitative estimate of drug-likeness (QED) is 0.865. The Kier molecular flexibility index (Phi) is 3.73. The van der Waals surface area contributed by atoms with Crippen molar-refractivity contribution < 1.29 is 14.6 Å². The van der Waals surface area contributed by atoms with Crippen LogP contribution in [0.25, 0.3) is 0 Å². The number of aromatic nitrogens is 1. The van der Waals surface area contributed by atoms with Gasteiger partial charge in [-0.1, -0.05) is 27.7 Å². The van der Waals surface area contributed by atoms with E-state index in [0.717, 1.165) is 0 Å². The molecule has 0 bridgehead atoms. The molecule has 0 unspecified atom stereocenters. The summed E-state index contributed by atoms with van der Waals surface area (Å²) in [7, 11) is 0. The van der Waals surface area contributed by atoms with Gasteiger partial charge in [-0.2, -0.15) is 0 Å². The maximum absolute atomic E-state index is 12.2. The maximum Gasteiger partial charge on any atom is 0.229 e. The Morgan fingerprint density at radius 2 is 2.00 bits per heavy atom. The van der Waals surface area contributed by atoms with E-state index in [0.29, 0.717) is 11.6 Å². The molecular weight excluding hydrogens is 256 g/mol. The number of nitrogens with zero attached hydrogens (tertiary/aromatic N) is 1. The highest BCUT2D eigenvalue weighted by atomic mass is 16.5. The van der Waals surface area contributed by atoms with Gasteiger partial charge >= 0.3 is 0 Å². The van der Waals surface area contributed by atoms with Crippen molar-refractivity contribution in [2.75, 3.05) is 18.5 Å². The van der Waals surface area contributed by atoms with Crippen molar-refractivity contribution in [2.24, 2.45) is 16.7 Å². The summed E-state index contributed by atoms with van der Waals surface area (Å²) in [6, 6.07) is 3.43. The number of carbonyl (C=O) groups excluding carboxylic acids is 1. The summed E-state index contributed by atoms with van der Waals surface area (Å²) in [5, 5.41) is 11.5. The molecule has 2 N–H and O–H groups in total. The molecule has 20 heavy (non-hydrogen) atoms. The van der Waals surface area contributed by atoms with E-state index < -0.39 is 0 Å². The van der Waals surface area contributed by atoms with Crippen LogP contribution < -0.4 is 10.1 Å². The average Bonchev–Trinajstić information content (AvgIpc) is 2.79. The molecule has 0 aliphatic heterocycles. The van der Waals surface area contributed by atoms with Crippen LogP contribution in [0.5, 0.6) is 5.75 Å². The molecule has 1 aromatic heterocycles. The number of pyridine rings is 1. The van der Waals surface area contributed by atoms with Crippen LogP contribution in [0.15, 0.2) is 18.3 Å². The van der Waals surface area contributed by atoms with Crippen LogP contribution in [0.4, 0.5) is 5.82 Å². The Morgan fingerprint density at radius 3 is 2.45 bits per heavy atom. The van der Waals surface area contributed by atoms with Gasteiger partial charge in [0.2, 0.25) is 5.91 Å². The van der Waals surface area contributed by atoms with E-state index in [1.54, 1.807) is 12.1 Å². The lowest BCUT2D eigenvalue weighted by molar-refractivity contribution is -0.118. The van der Waals surface area contributed by atoms with Gasteiger partial charge in [-0.25, -0.2) is 4.98 Å². The van der Waals surface area contributed by atoms with Gasteiger partial charge in [0.15, 0.2) is 0 Å². The number of aliphatic hydroxyl groups is 1. The molecule has 5 nitrogen and oxygen atoms in total. The summed E-state index contributed by atoms with van der Waals surface area (Å²) in [6.45, 7) is 8.63. The molecule has 0 atom stereocenters. The molecule has 1 saturated carbocycles.